The lowest BCUT2D eigenvalue weighted by Gasteiger charge is -2.25. The maximum absolute atomic E-state index is 12.1. The summed E-state index contributed by atoms with van der Waals surface area (Å²) in [5.41, 5.74) is 1.27. The first kappa shape index (κ1) is 14.4. The number of fused-ring (bicyclic) bond motifs is 2. The van der Waals surface area contributed by atoms with Gasteiger partial charge in [-0.1, -0.05) is 5.16 Å². The minimum atomic E-state index is -0.00284. The Labute approximate surface area is 133 Å². The highest BCUT2D eigenvalue weighted by molar-refractivity contribution is 5.88. The lowest BCUT2D eigenvalue weighted by molar-refractivity contribution is -0.130. The molecule has 2 aliphatic heterocycles. The van der Waals surface area contributed by atoms with Crippen LogP contribution in [-0.4, -0.2) is 64.8 Å². The Hall–Kier alpha value is -2.22. The largest absolute Gasteiger partial charge is 0.374 e. The van der Waals surface area contributed by atoms with Crippen molar-refractivity contribution in [2.45, 2.75) is 32.4 Å². The van der Waals surface area contributed by atoms with Crippen LogP contribution in [0.3, 0.4) is 0 Å². The standard InChI is InChI=1S/C15H19N5O3/c1-8-13-14(16-9(2)17-15(13)23-18-8)20-6-10-11(7-20)22-5-4-12(21)19(10)3/h10-11H,4-7H2,1-3H3/t10-,11-/m0/s1. The zero-order valence-electron chi connectivity index (χ0n) is 13.4. The number of amides is 1. The van der Waals surface area contributed by atoms with Crippen molar-refractivity contribution in [1.29, 1.82) is 0 Å². The lowest BCUT2D eigenvalue weighted by atomic mass is 10.2. The van der Waals surface area contributed by atoms with Crippen LogP contribution in [-0.2, 0) is 9.53 Å². The topological polar surface area (TPSA) is 84.6 Å². The molecule has 122 valence electrons. The second kappa shape index (κ2) is 5.16. The second-order valence-corrected chi connectivity index (χ2v) is 6.18. The molecule has 2 aromatic rings. The van der Waals surface area contributed by atoms with E-state index in [1.807, 2.05) is 25.8 Å². The molecule has 2 aromatic heterocycles. The van der Waals surface area contributed by atoms with E-state index in [0.29, 0.717) is 37.7 Å². The van der Waals surface area contributed by atoms with E-state index in [4.69, 9.17) is 9.26 Å². The Morgan fingerprint density at radius 3 is 2.87 bits per heavy atom. The number of carbonyl (C=O) groups excluding carboxylic acids is 1. The predicted octanol–water partition coefficient (Wildman–Crippen LogP) is 0.671. The number of likely N-dealkylation sites (N-methyl/N-ethyl adjacent to an activating group) is 1. The van der Waals surface area contributed by atoms with Crippen molar-refractivity contribution in [2.75, 3.05) is 31.6 Å². The van der Waals surface area contributed by atoms with Crippen molar-refractivity contribution in [3.8, 4) is 0 Å². The third kappa shape index (κ3) is 2.24. The summed E-state index contributed by atoms with van der Waals surface area (Å²) in [6.07, 6.45) is 0.447. The average Bonchev–Trinajstić information content (AvgIpc) is 3.07. The highest BCUT2D eigenvalue weighted by Gasteiger charge is 2.41. The number of aryl methyl sites for hydroxylation is 2. The van der Waals surface area contributed by atoms with Crippen LogP contribution in [0, 0.1) is 13.8 Å². The molecular formula is C15H19N5O3. The number of ether oxygens (including phenoxy) is 1. The molecule has 8 nitrogen and oxygen atoms in total. The van der Waals surface area contributed by atoms with Gasteiger partial charge >= 0.3 is 0 Å². The highest BCUT2D eigenvalue weighted by atomic mass is 16.5. The van der Waals surface area contributed by atoms with E-state index in [0.717, 1.165) is 16.9 Å². The molecule has 0 radical (unpaired) electrons. The van der Waals surface area contributed by atoms with E-state index in [9.17, 15) is 4.79 Å². The molecule has 2 aliphatic rings. The van der Waals surface area contributed by atoms with Gasteiger partial charge in [0, 0.05) is 20.1 Å². The van der Waals surface area contributed by atoms with Crippen LogP contribution < -0.4 is 4.90 Å². The summed E-state index contributed by atoms with van der Waals surface area (Å²) in [5, 5.41) is 4.84. The average molecular weight is 317 g/mol. The maximum Gasteiger partial charge on any atom is 0.263 e. The molecular weight excluding hydrogens is 298 g/mol. The lowest BCUT2D eigenvalue weighted by Crippen LogP contribution is -2.42. The van der Waals surface area contributed by atoms with Crippen LogP contribution in [0.25, 0.3) is 11.1 Å². The number of hydrogen-bond donors (Lipinski definition) is 0. The third-order valence-electron chi connectivity index (χ3n) is 4.67. The molecule has 1 amide bonds. The first-order valence-corrected chi connectivity index (χ1v) is 7.77. The Morgan fingerprint density at radius 1 is 1.22 bits per heavy atom. The molecule has 0 unspecified atom stereocenters. The summed E-state index contributed by atoms with van der Waals surface area (Å²) in [5.74, 6) is 1.58. The van der Waals surface area contributed by atoms with E-state index in [1.54, 1.807) is 0 Å². The Bertz CT molecular complexity index is 774. The summed E-state index contributed by atoms with van der Waals surface area (Å²) in [7, 11) is 1.85. The van der Waals surface area contributed by atoms with Gasteiger partial charge in [-0.15, -0.1) is 0 Å². The first-order chi connectivity index (χ1) is 11.0. The number of aromatic nitrogens is 3. The molecule has 0 saturated carbocycles. The SMILES string of the molecule is Cc1nc(N2C[C@@H]3OCCC(=O)N(C)[C@H]3C2)c2c(C)noc2n1. The van der Waals surface area contributed by atoms with Crippen molar-refractivity contribution >= 4 is 22.8 Å². The number of carbonyl (C=O) groups is 1. The van der Waals surface area contributed by atoms with Gasteiger partial charge in [-0.2, -0.15) is 4.98 Å². The molecule has 2 saturated heterocycles. The van der Waals surface area contributed by atoms with Gasteiger partial charge in [0.15, 0.2) is 0 Å². The molecule has 0 bridgehead atoms. The Balaban J connectivity index is 1.73. The smallest absolute Gasteiger partial charge is 0.263 e. The Morgan fingerprint density at radius 2 is 2.04 bits per heavy atom. The van der Waals surface area contributed by atoms with Gasteiger partial charge in [-0.3, -0.25) is 4.79 Å². The van der Waals surface area contributed by atoms with Gasteiger partial charge in [-0.25, -0.2) is 4.98 Å². The molecule has 8 heteroatoms. The minimum Gasteiger partial charge on any atom is -0.374 e. The molecule has 2 fully saturated rings. The molecule has 0 N–H and O–H groups in total. The van der Waals surface area contributed by atoms with Crippen LogP contribution in [0.15, 0.2) is 4.52 Å². The summed E-state index contributed by atoms with van der Waals surface area (Å²) >= 11 is 0. The fraction of sp³-hybridized carbons (Fsp3) is 0.600. The van der Waals surface area contributed by atoms with Crippen molar-refractivity contribution in [3.05, 3.63) is 11.5 Å². The summed E-state index contributed by atoms with van der Waals surface area (Å²) in [6.45, 7) is 5.57. The Kier molecular flexibility index (Phi) is 3.22. The van der Waals surface area contributed by atoms with Crippen molar-refractivity contribution in [1.82, 2.24) is 20.0 Å². The van der Waals surface area contributed by atoms with Gasteiger partial charge in [0.05, 0.1) is 30.9 Å². The highest BCUT2D eigenvalue weighted by Crippen LogP contribution is 2.31. The number of rotatable bonds is 1. The van der Waals surface area contributed by atoms with E-state index < -0.39 is 0 Å². The first-order valence-electron chi connectivity index (χ1n) is 7.77. The number of nitrogens with zero attached hydrogens (tertiary/aromatic N) is 5. The molecule has 23 heavy (non-hydrogen) atoms. The van der Waals surface area contributed by atoms with Crippen LogP contribution in [0.2, 0.25) is 0 Å². The van der Waals surface area contributed by atoms with Crippen LogP contribution in [0.4, 0.5) is 5.82 Å². The predicted molar refractivity (Wildman–Crippen MR) is 82.2 cm³/mol. The van der Waals surface area contributed by atoms with Gasteiger partial charge in [0.25, 0.3) is 5.71 Å². The van der Waals surface area contributed by atoms with Crippen molar-refractivity contribution < 1.29 is 14.1 Å². The van der Waals surface area contributed by atoms with Crippen molar-refractivity contribution in [3.63, 3.8) is 0 Å². The van der Waals surface area contributed by atoms with Crippen LogP contribution >= 0.6 is 0 Å². The van der Waals surface area contributed by atoms with Gasteiger partial charge in [0.1, 0.15) is 17.0 Å². The van der Waals surface area contributed by atoms with Gasteiger partial charge < -0.3 is 19.1 Å². The van der Waals surface area contributed by atoms with Gasteiger partial charge in [0.2, 0.25) is 5.91 Å². The van der Waals surface area contributed by atoms with E-state index in [2.05, 4.69) is 20.0 Å². The molecule has 2 atom stereocenters. The fourth-order valence-electron chi connectivity index (χ4n) is 3.43. The van der Waals surface area contributed by atoms with Crippen LogP contribution in [0.1, 0.15) is 17.9 Å². The maximum atomic E-state index is 12.1. The minimum absolute atomic E-state index is 0.00284. The fourth-order valence-corrected chi connectivity index (χ4v) is 3.43. The van der Waals surface area contributed by atoms with Gasteiger partial charge in [-0.05, 0) is 13.8 Å². The van der Waals surface area contributed by atoms with Crippen LogP contribution in [0.5, 0.6) is 0 Å². The zero-order chi connectivity index (χ0) is 16.1. The molecule has 0 spiro atoms. The number of anilines is 1. The summed E-state index contributed by atoms with van der Waals surface area (Å²) in [6, 6.07) is 0.0375. The molecule has 0 aliphatic carbocycles. The van der Waals surface area contributed by atoms with E-state index in [-0.39, 0.29) is 18.1 Å². The molecule has 4 heterocycles. The molecule has 4 rings (SSSR count). The third-order valence-corrected chi connectivity index (χ3v) is 4.67. The monoisotopic (exact) mass is 317 g/mol. The number of hydrogen-bond acceptors (Lipinski definition) is 7. The molecule has 0 aromatic carbocycles. The van der Waals surface area contributed by atoms with E-state index in [1.165, 1.54) is 0 Å². The normalized spacial score (nSPS) is 25.1. The van der Waals surface area contributed by atoms with E-state index >= 15 is 0 Å². The van der Waals surface area contributed by atoms with Crippen molar-refractivity contribution in [2.24, 2.45) is 0 Å². The quantitative estimate of drug-likeness (QED) is 0.764. The zero-order valence-corrected chi connectivity index (χ0v) is 13.4. The summed E-state index contributed by atoms with van der Waals surface area (Å²) < 4.78 is 11.2. The summed E-state index contributed by atoms with van der Waals surface area (Å²) in [4.78, 5) is 24.9. The second-order valence-electron chi connectivity index (χ2n) is 6.18.